The number of amides is 1. The molecule has 1 aliphatic carbocycles. The zero-order chi connectivity index (χ0) is 29.3. The average molecular weight is 586 g/mol. The highest BCUT2D eigenvalue weighted by Gasteiger charge is 2.51. The van der Waals surface area contributed by atoms with Crippen molar-refractivity contribution in [3.05, 3.63) is 59.9 Å². The summed E-state index contributed by atoms with van der Waals surface area (Å²) in [5, 5.41) is 0.921. The van der Waals surface area contributed by atoms with Gasteiger partial charge in [-0.25, -0.2) is 8.78 Å². The van der Waals surface area contributed by atoms with Gasteiger partial charge in [-0.05, 0) is 85.9 Å². The predicted octanol–water partition coefficient (Wildman–Crippen LogP) is 5.40. The van der Waals surface area contributed by atoms with Crippen LogP contribution in [0.4, 0.5) is 14.6 Å². The minimum absolute atomic E-state index is 0.0427. The summed E-state index contributed by atoms with van der Waals surface area (Å²) in [7, 11) is 0. The highest BCUT2D eigenvalue weighted by Crippen LogP contribution is 2.43. The van der Waals surface area contributed by atoms with Crippen molar-refractivity contribution in [3.63, 3.8) is 0 Å². The molecular formula is C34H37F2N5O2. The summed E-state index contributed by atoms with van der Waals surface area (Å²) in [6.07, 6.45) is 6.97. The van der Waals surface area contributed by atoms with Crippen molar-refractivity contribution in [1.29, 1.82) is 0 Å². The van der Waals surface area contributed by atoms with Crippen molar-refractivity contribution in [1.82, 2.24) is 19.8 Å². The molecule has 5 heterocycles. The Balaban J connectivity index is 1.16. The predicted molar refractivity (Wildman–Crippen MR) is 162 cm³/mol. The van der Waals surface area contributed by atoms with E-state index in [2.05, 4.69) is 52.8 Å². The summed E-state index contributed by atoms with van der Waals surface area (Å²) < 4.78 is 34.5. The number of nitrogens with zero attached hydrogens (tertiary/aromatic N) is 5. The molecule has 1 aromatic heterocycles. The molecule has 0 spiro atoms. The number of halogens is 2. The fourth-order valence-corrected chi connectivity index (χ4v) is 8.51. The molecule has 9 heteroatoms. The minimum Gasteiger partial charge on any atom is -0.461 e. The quantitative estimate of drug-likeness (QED) is 0.361. The van der Waals surface area contributed by atoms with Crippen LogP contribution >= 0.6 is 0 Å². The summed E-state index contributed by atoms with van der Waals surface area (Å²) in [5.41, 5.74) is 5.74. The molecule has 4 atom stereocenters. The van der Waals surface area contributed by atoms with Gasteiger partial charge in [0.25, 0.3) is 5.91 Å². The van der Waals surface area contributed by atoms with Gasteiger partial charge in [-0.15, -0.1) is 0 Å². The van der Waals surface area contributed by atoms with E-state index < -0.39 is 17.9 Å². The Morgan fingerprint density at radius 2 is 1.95 bits per heavy atom. The number of carbonyl (C=O) groups excluding carboxylic acids is 1. The Hall–Kier alpha value is -3.59. The van der Waals surface area contributed by atoms with Crippen LogP contribution in [0.2, 0.25) is 0 Å². The van der Waals surface area contributed by atoms with Crippen molar-refractivity contribution in [2.45, 2.75) is 75.2 Å². The normalized spacial score (nSPS) is 28.0. The third kappa shape index (κ3) is 4.41. The molecule has 7 nitrogen and oxygen atoms in total. The largest absolute Gasteiger partial charge is 0.461 e. The maximum absolute atomic E-state index is 14.4. The van der Waals surface area contributed by atoms with E-state index in [1.54, 1.807) is 4.90 Å². The topological polar surface area (TPSA) is 61.8 Å². The Morgan fingerprint density at radius 1 is 1.07 bits per heavy atom. The molecule has 0 N–H and O–H groups in total. The van der Waals surface area contributed by atoms with Gasteiger partial charge in [0.2, 0.25) is 0 Å². The minimum atomic E-state index is -0.916. The molecule has 0 bridgehead atoms. The third-order valence-corrected chi connectivity index (χ3v) is 10.7. The molecule has 2 aromatic carbocycles. The first kappa shape index (κ1) is 27.0. The summed E-state index contributed by atoms with van der Waals surface area (Å²) in [6.45, 7) is 5.99. The lowest BCUT2D eigenvalue weighted by Crippen LogP contribution is -2.63. The highest BCUT2D eigenvalue weighted by atomic mass is 19.1. The number of hydrogen-bond donors (Lipinski definition) is 0. The molecule has 3 aromatic rings. The van der Waals surface area contributed by atoms with Gasteiger partial charge in [-0.2, -0.15) is 9.97 Å². The lowest BCUT2D eigenvalue weighted by atomic mass is 9.86. The van der Waals surface area contributed by atoms with Crippen LogP contribution in [0.1, 0.15) is 49.7 Å². The number of aryl methyl sites for hydroxylation is 1. The molecule has 4 saturated heterocycles. The van der Waals surface area contributed by atoms with E-state index in [9.17, 15) is 13.6 Å². The summed E-state index contributed by atoms with van der Waals surface area (Å²) in [5.74, 6) is -0.768. The van der Waals surface area contributed by atoms with Crippen LogP contribution < -0.4 is 9.64 Å². The number of carbonyl (C=O) groups is 1. The number of aromatic nitrogens is 2. The van der Waals surface area contributed by atoms with E-state index >= 15 is 0 Å². The van der Waals surface area contributed by atoms with Crippen LogP contribution in [-0.4, -0.2) is 82.3 Å². The maximum Gasteiger partial charge on any atom is 0.319 e. The van der Waals surface area contributed by atoms with Crippen molar-refractivity contribution in [3.8, 4) is 17.1 Å². The van der Waals surface area contributed by atoms with E-state index in [1.807, 2.05) is 0 Å². The van der Waals surface area contributed by atoms with Crippen LogP contribution in [0.5, 0.6) is 6.01 Å². The second-order valence-electron chi connectivity index (χ2n) is 13.1. The molecule has 43 heavy (non-hydrogen) atoms. The second-order valence-corrected chi connectivity index (χ2v) is 13.1. The molecule has 0 radical (unpaired) electrons. The van der Waals surface area contributed by atoms with Gasteiger partial charge in [0.15, 0.2) is 5.83 Å². The first-order chi connectivity index (χ1) is 20.9. The van der Waals surface area contributed by atoms with Crippen LogP contribution in [0.3, 0.4) is 0 Å². The monoisotopic (exact) mass is 585 g/mol. The molecule has 4 fully saturated rings. The average Bonchev–Trinajstić information content (AvgIpc) is 3.64. The second kappa shape index (κ2) is 10.3. The summed E-state index contributed by atoms with van der Waals surface area (Å²) in [6, 6.07) is 13.3. The third-order valence-electron chi connectivity index (χ3n) is 10.7. The van der Waals surface area contributed by atoms with Crippen molar-refractivity contribution in [2.24, 2.45) is 0 Å². The number of likely N-dealkylation sites (tertiary alicyclic amines) is 1. The summed E-state index contributed by atoms with van der Waals surface area (Å²) in [4.78, 5) is 28.3. The van der Waals surface area contributed by atoms with Gasteiger partial charge >= 0.3 is 6.01 Å². The molecule has 1 unspecified atom stereocenters. The van der Waals surface area contributed by atoms with Crippen LogP contribution in [0, 0.1) is 0 Å². The van der Waals surface area contributed by atoms with Gasteiger partial charge < -0.3 is 14.5 Å². The Labute approximate surface area is 250 Å². The molecule has 8 rings (SSSR count). The van der Waals surface area contributed by atoms with Gasteiger partial charge in [-0.1, -0.05) is 30.8 Å². The van der Waals surface area contributed by atoms with Gasteiger partial charge in [0, 0.05) is 31.4 Å². The Kier molecular flexibility index (Phi) is 6.44. The fraction of sp³-hybridized carbons (Fsp3) is 0.500. The first-order valence-electron chi connectivity index (χ1n) is 15.8. The SMILES string of the molecule is C=C(F)C(=O)N1CC[C@@H]2[C@H]1CN2c1nc(OCC23CCCN2C[C@H](F)C3)nc2cc(-c3cccc4c3CCCC4)ccc12. The van der Waals surface area contributed by atoms with E-state index in [1.165, 1.54) is 29.5 Å². The van der Waals surface area contributed by atoms with Crippen LogP contribution in [0.15, 0.2) is 48.8 Å². The highest BCUT2D eigenvalue weighted by molar-refractivity contribution is 5.95. The first-order valence-corrected chi connectivity index (χ1v) is 15.8. The molecular weight excluding hydrogens is 548 g/mol. The number of alkyl halides is 1. The van der Waals surface area contributed by atoms with E-state index in [4.69, 9.17) is 14.7 Å². The van der Waals surface area contributed by atoms with E-state index in [-0.39, 0.29) is 17.6 Å². The molecule has 4 aliphatic heterocycles. The van der Waals surface area contributed by atoms with E-state index in [0.717, 1.165) is 60.9 Å². The number of ether oxygens (including phenoxy) is 1. The summed E-state index contributed by atoms with van der Waals surface area (Å²) >= 11 is 0. The lowest BCUT2D eigenvalue weighted by molar-refractivity contribution is -0.130. The number of hydrogen-bond acceptors (Lipinski definition) is 6. The van der Waals surface area contributed by atoms with Gasteiger partial charge in [-0.3, -0.25) is 9.69 Å². The van der Waals surface area contributed by atoms with Crippen molar-refractivity contribution < 1.29 is 18.3 Å². The molecule has 5 aliphatic rings. The van der Waals surface area contributed by atoms with Crippen LogP contribution in [0.25, 0.3) is 22.0 Å². The number of rotatable bonds is 6. The van der Waals surface area contributed by atoms with Crippen LogP contribution in [-0.2, 0) is 17.6 Å². The number of anilines is 1. The van der Waals surface area contributed by atoms with Crippen molar-refractivity contribution in [2.75, 3.05) is 37.7 Å². The standard InChI is InChI=1S/C34H37F2N5O2/c1-21(35)32(42)40-15-12-29-30(40)19-41(29)31-27-11-10-23(26-9-4-7-22-6-2-3-8-25(22)26)16-28(27)37-33(38-31)43-20-34-13-5-14-39(34)18-24(36)17-34/h4,7,9-11,16,24,29-30H,1-3,5-6,8,12-15,17-20H2/t24-,29-,30-,34?/m1/s1. The number of fused-ring (bicyclic) bond motifs is 4. The van der Waals surface area contributed by atoms with Crippen molar-refractivity contribution >= 4 is 22.6 Å². The zero-order valence-corrected chi connectivity index (χ0v) is 24.4. The van der Waals surface area contributed by atoms with Gasteiger partial charge in [0.1, 0.15) is 18.6 Å². The van der Waals surface area contributed by atoms with Gasteiger partial charge in [0.05, 0.1) is 23.1 Å². The lowest BCUT2D eigenvalue weighted by Gasteiger charge is -2.47. The zero-order valence-electron chi connectivity index (χ0n) is 24.4. The molecule has 1 amide bonds. The van der Waals surface area contributed by atoms with E-state index in [0.29, 0.717) is 38.7 Å². The fourth-order valence-electron chi connectivity index (χ4n) is 8.51. The maximum atomic E-state index is 14.4. The smallest absolute Gasteiger partial charge is 0.319 e. The molecule has 224 valence electrons. The Morgan fingerprint density at radius 3 is 2.84 bits per heavy atom. The Bertz CT molecular complexity index is 1630. The number of benzene rings is 2. The molecule has 0 saturated carbocycles.